The summed E-state index contributed by atoms with van der Waals surface area (Å²) in [6.07, 6.45) is 10.1. The maximum atomic E-state index is 6.13. The number of hydrogen-bond donors (Lipinski definition) is 1. The zero-order chi connectivity index (χ0) is 12.2. The van der Waals surface area contributed by atoms with Crippen molar-refractivity contribution in [3.8, 4) is 0 Å². The van der Waals surface area contributed by atoms with Gasteiger partial charge in [0.1, 0.15) is 0 Å². The van der Waals surface area contributed by atoms with E-state index in [4.69, 9.17) is 10.3 Å². The summed E-state index contributed by atoms with van der Waals surface area (Å²) in [4.78, 5) is 4.65. The maximum absolute atomic E-state index is 6.13. The second kappa shape index (κ2) is 3.80. The Labute approximate surface area is 107 Å². The minimum atomic E-state index is -0.283. The van der Waals surface area contributed by atoms with Crippen molar-refractivity contribution >= 4 is 0 Å². The normalized spacial score (nSPS) is 27.0. The summed E-state index contributed by atoms with van der Waals surface area (Å²) in [6.45, 7) is 0. The van der Waals surface area contributed by atoms with Gasteiger partial charge in [0.05, 0.1) is 5.54 Å². The molecule has 3 saturated carbocycles. The standard InChI is InChI=1S/C14H21N3O/c15-14(7-8-14)13-16-12(17-18-13)11(9-3-1-4-9)10-5-2-6-10/h9-11H,1-8,15H2. The summed E-state index contributed by atoms with van der Waals surface area (Å²) in [5.41, 5.74) is 5.85. The summed E-state index contributed by atoms with van der Waals surface area (Å²) in [6, 6.07) is 0. The highest BCUT2D eigenvalue weighted by molar-refractivity contribution is 5.14. The van der Waals surface area contributed by atoms with Gasteiger partial charge in [0.15, 0.2) is 5.82 Å². The molecule has 0 spiro atoms. The van der Waals surface area contributed by atoms with Crippen LogP contribution in [0.5, 0.6) is 0 Å². The number of hydrogen-bond acceptors (Lipinski definition) is 4. The molecule has 0 unspecified atom stereocenters. The van der Waals surface area contributed by atoms with Gasteiger partial charge in [0.2, 0.25) is 5.89 Å². The van der Waals surface area contributed by atoms with Gasteiger partial charge in [-0.2, -0.15) is 4.98 Å². The fourth-order valence-electron chi connectivity index (χ4n) is 3.33. The van der Waals surface area contributed by atoms with Crippen molar-refractivity contribution in [3.63, 3.8) is 0 Å². The van der Waals surface area contributed by atoms with E-state index >= 15 is 0 Å². The molecule has 1 heterocycles. The van der Waals surface area contributed by atoms with Crippen LogP contribution in [0.15, 0.2) is 4.52 Å². The summed E-state index contributed by atoms with van der Waals surface area (Å²) in [7, 11) is 0. The molecular weight excluding hydrogens is 226 g/mol. The maximum Gasteiger partial charge on any atom is 0.246 e. The van der Waals surface area contributed by atoms with Crippen LogP contribution in [0.3, 0.4) is 0 Å². The van der Waals surface area contributed by atoms with Crippen LogP contribution in [0.4, 0.5) is 0 Å². The van der Waals surface area contributed by atoms with Crippen LogP contribution in [-0.2, 0) is 5.54 Å². The molecule has 0 aromatic carbocycles. The van der Waals surface area contributed by atoms with Gasteiger partial charge in [-0.3, -0.25) is 0 Å². The third-order valence-corrected chi connectivity index (χ3v) is 5.27. The first-order valence-electron chi connectivity index (χ1n) is 7.39. The minimum Gasteiger partial charge on any atom is -0.337 e. The Morgan fingerprint density at radius 2 is 1.72 bits per heavy atom. The van der Waals surface area contributed by atoms with Gasteiger partial charge in [0.25, 0.3) is 0 Å². The predicted molar refractivity (Wildman–Crippen MR) is 66.8 cm³/mol. The lowest BCUT2D eigenvalue weighted by Crippen LogP contribution is -2.31. The van der Waals surface area contributed by atoms with Crippen LogP contribution in [-0.4, -0.2) is 10.1 Å². The molecule has 0 aliphatic heterocycles. The lowest BCUT2D eigenvalue weighted by molar-refractivity contribution is 0.141. The average Bonchev–Trinajstić information content (AvgIpc) is 2.78. The van der Waals surface area contributed by atoms with Gasteiger partial charge in [-0.15, -0.1) is 0 Å². The van der Waals surface area contributed by atoms with E-state index in [1.54, 1.807) is 0 Å². The van der Waals surface area contributed by atoms with E-state index < -0.39 is 0 Å². The van der Waals surface area contributed by atoms with Gasteiger partial charge in [-0.05, 0) is 50.4 Å². The lowest BCUT2D eigenvalue weighted by Gasteiger charge is -2.40. The predicted octanol–water partition coefficient (Wildman–Crippen LogP) is 2.70. The molecule has 3 fully saturated rings. The molecule has 0 radical (unpaired) electrons. The zero-order valence-electron chi connectivity index (χ0n) is 10.8. The molecule has 1 aromatic heterocycles. The molecule has 0 saturated heterocycles. The van der Waals surface area contributed by atoms with Crippen molar-refractivity contribution < 1.29 is 4.52 Å². The van der Waals surface area contributed by atoms with E-state index in [-0.39, 0.29) is 5.54 Å². The quantitative estimate of drug-likeness (QED) is 0.888. The molecule has 3 aliphatic rings. The monoisotopic (exact) mass is 247 g/mol. The molecule has 0 atom stereocenters. The average molecular weight is 247 g/mol. The Kier molecular flexibility index (Phi) is 2.31. The highest BCUT2D eigenvalue weighted by Gasteiger charge is 2.47. The molecular formula is C14H21N3O. The van der Waals surface area contributed by atoms with Crippen molar-refractivity contribution in [1.82, 2.24) is 10.1 Å². The van der Waals surface area contributed by atoms with E-state index in [1.807, 2.05) is 0 Å². The number of nitrogens with zero attached hydrogens (tertiary/aromatic N) is 2. The molecule has 3 aliphatic carbocycles. The Morgan fingerprint density at radius 1 is 1.11 bits per heavy atom. The van der Waals surface area contributed by atoms with E-state index in [0.717, 1.165) is 30.5 Å². The van der Waals surface area contributed by atoms with Gasteiger partial charge in [-0.1, -0.05) is 18.0 Å². The smallest absolute Gasteiger partial charge is 0.246 e. The Hall–Kier alpha value is -0.900. The van der Waals surface area contributed by atoms with Crippen LogP contribution in [0, 0.1) is 11.8 Å². The summed E-state index contributed by atoms with van der Waals surface area (Å²) in [5, 5.41) is 4.26. The molecule has 0 bridgehead atoms. The van der Waals surface area contributed by atoms with Crippen LogP contribution in [0.1, 0.15) is 69.0 Å². The van der Waals surface area contributed by atoms with Crippen molar-refractivity contribution in [1.29, 1.82) is 0 Å². The van der Waals surface area contributed by atoms with E-state index in [0.29, 0.717) is 11.8 Å². The highest BCUT2D eigenvalue weighted by Crippen LogP contribution is 2.50. The molecule has 4 rings (SSSR count). The van der Waals surface area contributed by atoms with Gasteiger partial charge in [0, 0.05) is 5.92 Å². The topological polar surface area (TPSA) is 64.9 Å². The van der Waals surface area contributed by atoms with Gasteiger partial charge < -0.3 is 10.3 Å². The Bertz CT molecular complexity index is 430. The van der Waals surface area contributed by atoms with Crippen molar-refractivity contribution in [2.45, 2.75) is 62.8 Å². The number of rotatable bonds is 4. The Balaban J connectivity index is 1.59. The molecule has 1 aromatic rings. The van der Waals surface area contributed by atoms with Crippen LogP contribution in [0.2, 0.25) is 0 Å². The van der Waals surface area contributed by atoms with E-state index in [2.05, 4.69) is 10.1 Å². The first kappa shape index (κ1) is 11.0. The Morgan fingerprint density at radius 3 is 2.17 bits per heavy atom. The summed E-state index contributed by atoms with van der Waals surface area (Å²) in [5.74, 6) is 3.78. The van der Waals surface area contributed by atoms with E-state index in [9.17, 15) is 0 Å². The van der Waals surface area contributed by atoms with Crippen molar-refractivity contribution in [2.75, 3.05) is 0 Å². The summed E-state index contributed by atoms with van der Waals surface area (Å²) >= 11 is 0. The second-order valence-electron chi connectivity index (χ2n) is 6.52. The van der Waals surface area contributed by atoms with Crippen molar-refractivity contribution in [3.05, 3.63) is 11.7 Å². The van der Waals surface area contributed by atoms with Crippen molar-refractivity contribution in [2.24, 2.45) is 17.6 Å². The van der Waals surface area contributed by atoms with E-state index in [1.165, 1.54) is 38.5 Å². The first-order chi connectivity index (χ1) is 8.76. The third-order valence-electron chi connectivity index (χ3n) is 5.27. The van der Waals surface area contributed by atoms with Gasteiger partial charge >= 0.3 is 0 Å². The fourth-order valence-corrected chi connectivity index (χ4v) is 3.33. The molecule has 0 amide bonds. The fraction of sp³-hybridized carbons (Fsp3) is 0.857. The lowest BCUT2D eigenvalue weighted by atomic mass is 9.64. The highest BCUT2D eigenvalue weighted by atomic mass is 16.5. The van der Waals surface area contributed by atoms with Crippen LogP contribution >= 0.6 is 0 Å². The number of nitrogens with two attached hydrogens (primary N) is 1. The van der Waals surface area contributed by atoms with Crippen LogP contribution in [0.25, 0.3) is 0 Å². The first-order valence-corrected chi connectivity index (χ1v) is 7.39. The summed E-state index contributed by atoms with van der Waals surface area (Å²) < 4.78 is 5.42. The largest absolute Gasteiger partial charge is 0.337 e. The molecule has 2 N–H and O–H groups in total. The molecule has 4 nitrogen and oxygen atoms in total. The second-order valence-corrected chi connectivity index (χ2v) is 6.52. The SMILES string of the molecule is NC1(c2nc(C(C3CCC3)C3CCC3)no2)CC1. The third kappa shape index (κ3) is 1.62. The molecule has 18 heavy (non-hydrogen) atoms. The van der Waals surface area contributed by atoms with Crippen LogP contribution < -0.4 is 5.73 Å². The minimum absolute atomic E-state index is 0.283. The molecule has 98 valence electrons. The molecule has 4 heteroatoms. The number of aromatic nitrogens is 2. The zero-order valence-corrected chi connectivity index (χ0v) is 10.8. The van der Waals surface area contributed by atoms with Gasteiger partial charge in [-0.25, -0.2) is 0 Å².